The highest BCUT2D eigenvalue weighted by atomic mass is 16.5. The average Bonchev–Trinajstić information content (AvgIpc) is 2.38. The van der Waals surface area contributed by atoms with E-state index in [0.717, 1.165) is 29.7 Å². The van der Waals surface area contributed by atoms with Crippen molar-refractivity contribution in [3.05, 3.63) is 41.0 Å². The highest BCUT2D eigenvalue weighted by molar-refractivity contribution is 6.00. The molecule has 3 atom stereocenters. The van der Waals surface area contributed by atoms with Crippen molar-refractivity contribution in [3.63, 3.8) is 0 Å². The van der Waals surface area contributed by atoms with Crippen molar-refractivity contribution < 1.29 is 9.53 Å². The lowest BCUT2D eigenvalue weighted by Crippen LogP contribution is -2.35. The van der Waals surface area contributed by atoms with Gasteiger partial charge < -0.3 is 4.74 Å². The number of ether oxygens (including phenoxy) is 1. The van der Waals surface area contributed by atoms with Crippen LogP contribution in [-0.2, 0) is 0 Å². The van der Waals surface area contributed by atoms with Crippen LogP contribution in [0.3, 0.4) is 0 Å². The molecule has 0 bridgehead atoms. The molecule has 0 aromatic heterocycles. The van der Waals surface area contributed by atoms with E-state index in [1.165, 1.54) is 5.57 Å². The van der Waals surface area contributed by atoms with Crippen molar-refractivity contribution in [2.75, 3.05) is 0 Å². The summed E-state index contributed by atoms with van der Waals surface area (Å²) in [4.78, 5) is 12.4. The fraction of sp³-hybridized carbons (Fsp3) is 0.500. The van der Waals surface area contributed by atoms with E-state index in [4.69, 9.17) is 4.74 Å². The number of hydrogen-bond donors (Lipinski definition) is 0. The first-order valence-corrected chi connectivity index (χ1v) is 7.50. The van der Waals surface area contributed by atoms with Crippen molar-refractivity contribution in [1.82, 2.24) is 0 Å². The molecule has 20 heavy (non-hydrogen) atoms. The first-order chi connectivity index (χ1) is 9.52. The van der Waals surface area contributed by atoms with E-state index in [0.29, 0.717) is 18.3 Å². The van der Waals surface area contributed by atoms with Gasteiger partial charge in [0.1, 0.15) is 11.9 Å². The van der Waals surface area contributed by atoms with Crippen molar-refractivity contribution in [1.29, 1.82) is 0 Å². The van der Waals surface area contributed by atoms with Gasteiger partial charge in [-0.3, -0.25) is 4.79 Å². The lowest BCUT2D eigenvalue weighted by molar-refractivity contribution is 0.0685. The zero-order valence-electron chi connectivity index (χ0n) is 12.5. The Kier molecular flexibility index (Phi) is 3.41. The monoisotopic (exact) mass is 270 g/mol. The first-order valence-electron chi connectivity index (χ1n) is 7.50. The van der Waals surface area contributed by atoms with Crippen molar-refractivity contribution in [2.45, 2.75) is 46.1 Å². The fourth-order valence-corrected chi connectivity index (χ4v) is 3.60. The van der Waals surface area contributed by atoms with E-state index in [-0.39, 0.29) is 11.9 Å². The second kappa shape index (κ2) is 5.08. The molecule has 1 aromatic rings. The largest absolute Gasteiger partial charge is 0.489 e. The lowest BCUT2D eigenvalue weighted by Gasteiger charge is -2.35. The van der Waals surface area contributed by atoms with E-state index in [1.807, 2.05) is 25.1 Å². The summed E-state index contributed by atoms with van der Waals surface area (Å²) in [6, 6.07) is 5.91. The van der Waals surface area contributed by atoms with E-state index < -0.39 is 0 Å². The molecule has 0 radical (unpaired) electrons. The van der Waals surface area contributed by atoms with Crippen LogP contribution in [0, 0.1) is 18.8 Å². The SMILES string of the molecule is CC1=CC(C)CC(C2CC(=O)c3cc(C)ccc3O2)C1. The Morgan fingerprint density at radius 1 is 1.20 bits per heavy atom. The Labute approximate surface area is 120 Å². The molecule has 1 aliphatic heterocycles. The summed E-state index contributed by atoms with van der Waals surface area (Å²) in [6.45, 7) is 6.44. The molecule has 3 rings (SSSR count). The number of allylic oxidation sites excluding steroid dienone is 2. The van der Waals surface area contributed by atoms with Crippen LogP contribution in [0.1, 0.15) is 49.0 Å². The molecule has 0 saturated carbocycles. The van der Waals surface area contributed by atoms with Crippen LogP contribution in [-0.4, -0.2) is 11.9 Å². The number of carbonyl (C=O) groups excluding carboxylic acids is 1. The number of Topliss-reactive ketones (excluding diaryl/α,β-unsaturated/α-hetero) is 1. The fourth-order valence-electron chi connectivity index (χ4n) is 3.60. The molecular formula is C18H22O2. The van der Waals surface area contributed by atoms with Gasteiger partial charge in [0.25, 0.3) is 0 Å². The van der Waals surface area contributed by atoms with Gasteiger partial charge in [-0.05, 0) is 44.7 Å². The Morgan fingerprint density at radius 3 is 2.75 bits per heavy atom. The Bertz CT molecular complexity index is 571. The molecule has 0 saturated heterocycles. The van der Waals surface area contributed by atoms with Crippen molar-refractivity contribution in [2.24, 2.45) is 11.8 Å². The van der Waals surface area contributed by atoms with Gasteiger partial charge in [0, 0.05) is 12.3 Å². The summed E-state index contributed by atoms with van der Waals surface area (Å²) < 4.78 is 6.15. The second-order valence-corrected chi connectivity index (χ2v) is 6.47. The Morgan fingerprint density at radius 2 is 2.00 bits per heavy atom. The predicted molar refractivity (Wildman–Crippen MR) is 80.2 cm³/mol. The summed E-state index contributed by atoms with van der Waals surface area (Å²) in [5, 5.41) is 0. The van der Waals surface area contributed by atoms with E-state index in [2.05, 4.69) is 19.9 Å². The molecule has 0 fully saturated rings. The van der Waals surface area contributed by atoms with Crippen molar-refractivity contribution in [3.8, 4) is 5.75 Å². The van der Waals surface area contributed by atoms with Gasteiger partial charge >= 0.3 is 0 Å². The molecule has 3 unspecified atom stereocenters. The molecule has 0 N–H and O–H groups in total. The van der Waals surface area contributed by atoms with Crippen LogP contribution in [0.15, 0.2) is 29.8 Å². The minimum absolute atomic E-state index is 0.0452. The first kappa shape index (κ1) is 13.4. The molecule has 2 heteroatoms. The van der Waals surface area contributed by atoms with Crippen LogP contribution >= 0.6 is 0 Å². The zero-order chi connectivity index (χ0) is 14.3. The summed E-state index contributed by atoms with van der Waals surface area (Å²) in [5.74, 6) is 2.07. The van der Waals surface area contributed by atoms with Gasteiger partial charge in [-0.2, -0.15) is 0 Å². The number of ketones is 1. The average molecular weight is 270 g/mol. The number of aryl methyl sites for hydroxylation is 1. The number of rotatable bonds is 1. The number of fused-ring (bicyclic) bond motifs is 1. The highest BCUT2D eigenvalue weighted by Crippen LogP contribution is 2.37. The maximum absolute atomic E-state index is 12.4. The third-order valence-corrected chi connectivity index (χ3v) is 4.45. The molecule has 0 amide bonds. The summed E-state index contributed by atoms with van der Waals surface area (Å²) in [6.07, 6.45) is 5.10. The third-order valence-electron chi connectivity index (χ3n) is 4.45. The summed E-state index contributed by atoms with van der Waals surface area (Å²) >= 11 is 0. The maximum atomic E-state index is 12.4. The molecule has 0 spiro atoms. The van der Waals surface area contributed by atoms with Gasteiger partial charge in [-0.15, -0.1) is 0 Å². The molecule has 1 heterocycles. The third kappa shape index (κ3) is 2.52. The molecular weight excluding hydrogens is 248 g/mol. The van der Waals surface area contributed by atoms with E-state index >= 15 is 0 Å². The predicted octanol–water partition coefficient (Wildman–Crippen LogP) is 4.32. The van der Waals surface area contributed by atoms with Gasteiger partial charge in [0.2, 0.25) is 0 Å². The van der Waals surface area contributed by atoms with Crippen LogP contribution in [0.25, 0.3) is 0 Å². The Hall–Kier alpha value is -1.57. The molecule has 1 aromatic carbocycles. The lowest BCUT2D eigenvalue weighted by atomic mass is 9.78. The quantitative estimate of drug-likeness (QED) is 0.710. The zero-order valence-corrected chi connectivity index (χ0v) is 12.5. The number of hydrogen-bond acceptors (Lipinski definition) is 2. The van der Waals surface area contributed by atoms with Gasteiger partial charge in [-0.25, -0.2) is 0 Å². The topological polar surface area (TPSA) is 26.3 Å². The van der Waals surface area contributed by atoms with E-state index in [9.17, 15) is 4.79 Å². The highest BCUT2D eigenvalue weighted by Gasteiger charge is 2.34. The summed E-state index contributed by atoms with van der Waals surface area (Å²) in [5.41, 5.74) is 3.31. The molecule has 2 nitrogen and oxygen atoms in total. The van der Waals surface area contributed by atoms with Crippen LogP contribution in [0.2, 0.25) is 0 Å². The maximum Gasteiger partial charge on any atom is 0.170 e. The standard InChI is InChI=1S/C18H22O2/c1-11-4-5-17-15(9-11)16(19)10-18(20-17)14-7-12(2)6-13(3)8-14/h4-6,9,12,14,18H,7-8,10H2,1-3H3. The normalized spacial score (nSPS) is 29.4. The van der Waals surface area contributed by atoms with E-state index in [1.54, 1.807) is 0 Å². The minimum Gasteiger partial charge on any atom is -0.489 e. The van der Waals surface area contributed by atoms with Gasteiger partial charge in [0.05, 0.1) is 5.56 Å². The molecule has 2 aliphatic rings. The summed E-state index contributed by atoms with van der Waals surface area (Å²) in [7, 11) is 0. The minimum atomic E-state index is 0.0452. The molecule has 106 valence electrons. The van der Waals surface area contributed by atoms with Crippen molar-refractivity contribution >= 4 is 5.78 Å². The number of benzene rings is 1. The van der Waals surface area contributed by atoms with Crippen LogP contribution in [0.4, 0.5) is 0 Å². The number of carbonyl (C=O) groups is 1. The van der Waals surface area contributed by atoms with Crippen LogP contribution < -0.4 is 4.74 Å². The smallest absolute Gasteiger partial charge is 0.170 e. The second-order valence-electron chi connectivity index (χ2n) is 6.47. The van der Waals surface area contributed by atoms with Gasteiger partial charge in [0.15, 0.2) is 5.78 Å². The Balaban J connectivity index is 1.83. The van der Waals surface area contributed by atoms with Crippen LogP contribution in [0.5, 0.6) is 5.75 Å². The molecule has 1 aliphatic carbocycles. The van der Waals surface area contributed by atoms with Gasteiger partial charge in [-0.1, -0.05) is 30.2 Å².